The largest absolute Gasteiger partial charge is 0.460 e. The summed E-state index contributed by atoms with van der Waals surface area (Å²) in [6, 6.07) is 0. The summed E-state index contributed by atoms with van der Waals surface area (Å²) in [5, 5.41) is 0. The van der Waals surface area contributed by atoms with Gasteiger partial charge in [0.25, 0.3) is 0 Å². The maximum atomic E-state index is 14.2. The lowest BCUT2D eigenvalue weighted by Crippen LogP contribution is -2.73. The molecule has 0 saturated carbocycles. The topological polar surface area (TPSA) is 0 Å². The van der Waals surface area contributed by atoms with Crippen LogP contribution in [0.25, 0.3) is 0 Å². The van der Waals surface area contributed by atoms with Gasteiger partial charge in [-0.25, -0.2) is 0 Å². The van der Waals surface area contributed by atoms with E-state index in [9.17, 15) is 65.9 Å². The van der Waals surface area contributed by atoms with Crippen LogP contribution in [0, 0.1) is 5.92 Å². The van der Waals surface area contributed by atoms with Crippen molar-refractivity contribution >= 4 is 22.6 Å². The molecule has 0 aromatic carbocycles. The van der Waals surface area contributed by atoms with E-state index < -0.39 is 51.6 Å². The van der Waals surface area contributed by atoms with Crippen molar-refractivity contribution in [2.45, 2.75) is 104 Å². The molecule has 16 heteroatoms. The summed E-state index contributed by atoms with van der Waals surface area (Å²) in [5.41, 5.74) is 0. The minimum Gasteiger partial charge on any atom is -0.199 e. The first kappa shape index (κ1) is 33.7. The summed E-state index contributed by atoms with van der Waals surface area (Å²) in [6.45, 7) is 2.11. The molecule has 0 aliphatic heterocycles. The van der Waals surface area contributed by atoms with Gasteiger partial charge in [-0.05, 0) is 6.42 Å². The van der Waals surface area contributed by atoms with Gasteiger partial charge in [0.05, 0.1) is 0 Å². The van der Waals surface area contributed by atoms with Crippen molar-refractivity contribution in [3.05, 3.63) is 0 Å². The Balaban J connectivity index is 5.94. The van der Waals surface area contributed by atoms with Crippen molar-refractivity contribution in [2.24, 2.45) is 5.92 Å². The summed E-state index contributed by atoms with van der Waals surface area (Å²) in [5.74, 6) is -48.9. The first-order chi connectivity index (χ1) is 14.9. The van der Waals surface area contributed by atoms with Gasteiger partial charge in [0, 0.05) is 9.84 Å². The molecule has 0 saturated heterocycles. The minimum atomic E-state index is -8.23. The van der Waals surface area contributed by atoms with Gasteiger partial charge < -0.3 is 0 Å². The van der Waals surface area contributed by atoms with E-state index in [1.807, 2.05) is 6.92 Å². The molecule has 206 valence electrons. The summed E-state index contributed by atoms with van der Waals surface area (Å²) in [4.78, 5) is 0. The summed E-state index contributed by atoms with van der Waals surface area (Å²) in [6.07, 6.45) is -4.27. The Bertz CT molecular complexity index is 642. The van der Waals surface area contributed by atoms with E-state index >= 15 is 0 Å². The van der Waals surface area contributed by atoms with Crippen molar-refractivity contribution in [1.82, 2.24) is 0 Å². The van der Waals surface area contributed by atoms with Crippen LogP contribution in [0.4, 0.5) is 65.9 Å². The van der Waals surface area contributed by atoms with Crippen LogP contribution in [0.2, 0.25) is 0 Å². The van der Waals surface area contributed by atoms with Crippen LogP contribution in [-0.4, -0.2) is 45.6 Å². The average molecular weight is 650 g/mol. The smallest absolute Gasteiger partial charge is 0.199 e. The number of unbranched alkanes of at least 4 members (excludes halogenated alkanes) is 5. The van der Waals surface area contributed by atoms with Gasteiger partial charge in [-0.1, -0.05) is 75.0 Å². The number of rotatable bonds is 14. The molecule has 2 unspecified atom stereocenters. The molecule has 0 aromatic heterocycles. The zero-order valence-electron chi connectivity index (χ0n) is 17.7. The highest BCUT2D eigenvalue weighted by Gasteiger charge is 2.93. The van der Waals surface area contributed by atoms with Crippen molar-refractivity contribution < 1.29 is 65.9 Å². The first-order valence-electron chi connectivity index (χ1n) is 9.87. The molecule has 0 fully saturated rings. The van der Waals surface area contributed by atoms with Gasteiger partial charge in [0.15, 0.2) is 0 Å². The van der Waals surface area contributed by atoms with Crippen LogP contribution in [0.3, 0.4) is 0 Å². The monoisotopic (exact) mass is 650 g/mol. The van der Waals surface area contributed by atoms with E-state index in [2.05, 4.69) is 0 Å². The highest BCUT2D eigenvalue weighted by atomic mass is 127. The zero-order valence-corrected chi connectivity index (χ0v) is 19.8. The molecule has 0 aromatic rings. The van der Waals surface area contributed by atoms with Crippen LogP contribution in [0.15, 0.2) is 0 Å². The lowest BCUT2D eigenvalue weighted by Gasteiger charge is -2.43. The highest BCUT2D eigenvalue weighted by Crippen LogP contribution is 2.63. The van der Waals surface area contributed by atoms with Crippen LogP contribution < -0.4 is 0 Å². The molecule has 0 aliphatic rings. The van der Waals surface area contributed by atoms with Crippen molar-refractivity contribution in [3.8, 4) is 0 Å². The lowest BCUT2D eigenvalue weighted by atomic mass is 9.84. The van der Waals surface area contributed by atoms with Gasteiger partial charge in [-0.2, -0.15) is 65.9 Å². The Hall–Kier alpha value is -0.320. The maximum Gasteiger partial charge on any atom is 0.460 e. The Kier molecular flexibility index (Phi) is 10.9. The Labute approximate surface area is 199 Å². The SMILES string of the molecule is CCCCCCCCC(I)C(C)C(F)(F)C(F)(F)C(F)(F)C(F)(F)C(F)(F)C(F)(F)C(F)(F)F. The normalized spacial score (nSPS) is 17.1. The maximum absolute atomic E-state index is 14.2. The van der Waals surface area contributed by atoms with Crippen molar-refractivity contribution in [1.29, 1.82) is 0 Å². The quantitative estimate of drug-likeness (QED) is 0.0761. The second-order valence-electron chi connectivity index (χ2n) is 7.85. The summed E-state index contributed by atoms with van der Waals surface area (Å²) >= 11 is 1.13. The fourth-order valence-corrected chi connectivity index (χ4v) is 3.75. The molecular formula is C18H22F15I. The number of hydrogen-bond acceptors (Lipinski definition) is 0. The van der Waals surface area contributed by atoms with Gasteiger partial charge in [0.2, 0.25) is 0 Å². The van der Waals surface area contributed by atoms with E-state index in [0.717, 1.165) is 41.9 Å². The summed E-state index contributed by atoms with van der Waals surface area (Å²) < 4.78 is 198. The Morgan fingerprint density at radius 1 is 0.529 bits per heavy atom. The third-order valence-electron chi connectivity index (χ3n) is 5.30. The summed E-state index contributed by atoms with van der Waals surface area (Å²) in [7, 11) is 0. The lowest BCUT2D eigenvalue weighted by molar-refractivity contribution is -0.454. The zero-order chi connectivity index (χ0) is 27.6. The number of alkyl halides is 16. The molecule has 0 amide bonds. The Morgan fingerprint density at radius 2 is 0.882 bits per heavy atom. The molecule has 0 aliphatic carbocycles. The number of halogens is 16. The van der Waals surface area contributed by atoms with Crippen molar-refractivity contribution in [3.63, 3.8) is 0 Å². The predicted molar refractivity (Wildman–Crippen MR) is 101 cm³/mol. The van der Waals surface area contributed by atoms with Crippen molar-refractivity contribution in [2.75, 3.05) is 0 Å². The number of hydrogen-bond donors (Lipinski definition) is 0. The van der Waals surface area contributed by atoms with Gasteiger partial charge in [0.1, 0.15) is 0 Å². The molecule has 0 N–H and O–H groups in total. The standard InChI is InChI=1S/C18H22F15I/c1-3-4-5-6-7-8-9-11(34)10(2)12(19,20)13(21,22)14(23,24)15(25,26)16(27,28)17(29,30)18(31,32)33/h10-11H,3-9H2,1-2H3. The van der Waals surface area contributed by atoms with Crippen LogP contribution in [0.5, 0.6) is 0 Å². The predicted octanol–water partition coefficient (Wildman–Crippen LogP) is 9.55. The molecule has 0 radical (unpaired) electrons. The van der Waals surface area contributed by atoms with Crippen LogP contribution >= 0.6 is 22.6 Å². The van der Waals surface area contributed by atoms with Gasteiger partial charge in [-0.15, -0.1) is 0 Å². The molecule has 0 rings (SSSR count). The molecule has 2 atom stereocenters. The fraction of sp³-hybridized carbons (Fsp3) is 1.00. The molecule has 0 bridgehead atoms. The van der Waals surface area contributed by atoms with E-state index in [4.69, 9.17) is 0 Å². The molecule has 0 heterocycles. The minimum absolute atomic E-state index is 0.131. The van der Waals surface area contributed by atoms with E-state index in [1.54, 1.807) is 0 Å². The van der Waals surface area contributed by atoms with Crippen LogP contribution in [-0.2, 0) is 0 Å². The molecular weight excluding hydrogens is 628 g/mol. The average Bonchev–Trinajstić information content (AvgIpc) is 2.68. The fourth-order valence-electron chi connectivity index (χ4n) is 2.86. The second kappa shape index (κ2) is 11.0. The van der Waals surface area contributed by atoms with E-state index in [1.165, 1.54) is 0 Å². The third kappa shape index (κ3) is 5.80. The Morgan fingerprint density at radius 3 is 1.29 bits per heavy atom. The van der Waals surface area contributed by atoms with E-state index in [-0.39, 0.29) is 19.8 Å². The molecule has 0 spiro atoms. The van der Waals surface area contributed by atoms with Crippen LogP contribution in [0.1, 0.15) is 58.8 Å². The third-order valence-corrected chi connectivity index (χ3v) is 7.00. The molecule has 0 nitrogen and oxygen atoms in total. The first-order valence-corrected chi connectivity index (χ1v) is 11.1. The second-order valence-corrected chi connectivity index (χ2v) is 9.45. The van der Waals surface area contributed by atoms with Gasteiger partial charge in [-0.3, -0.25) is 0 Å². The van der Waals surface area contributed by atoms with Gasteiger partial charge >= 0.3 is 41.7 Å². The highest BCUT2D eigenvalue weighted by molar-refractivity contribution is 14.1. The molecule has 34 heavy (non-hydrogen) atoms. The van der Waals surface area contributed by atoms with E-state index in [0.29, 0.717) is 12.8 Å².